The van der Waals surface area contributed by atoms with E-state index in [9.17, 15) is 17.6 Å². The number of amides is 1. The number of fused-ring (bicyclic) bond motifs is 1. The molecule has 1 fully saturated rings. The third kappa shape index (κ3) is 4.61. The van der Waals surface area contributed by atoms with E-state index in [-0.39, 0.29) is 29.0 Å². The second kappa shape index (κ2) is 9.49. The van der Waals surface area contributed by atoms with Crippen LogP contribution in [0, 0.1) is 11.7 Å². The number of piperidine rings is 1. The molecule has 5 rings (SSSR count). The van der Waals surface area contributed by atoms with Gasteiger partial charge in [0.25, 0.3) is 10.0 Å². The number of thiazole rings is 1. The quantitative estimate of drug-likeness (QED) is 0.376. The van der Waals surface area contributed by atoms with Crippen LogP contribution >= 0.6 is 22.7 Å². The number of aromatic nitrogens is 2. The standard InChI is InChI=1S/C23H21FN4O3S3/c24-17-8-9-19-20(13-17)33-23(26-19)28(15-18-6-1-2-10-25-18)22(29)16-5-3-11-27(14-16)34(30,31)21-7-4-12-32-21/h1-2,4,6-10,12-13,16H,3,5,11,14-15H2. The second-order valence-electron chi connectivity index (χ2n) is 7.99. The van der Waals surface area contributed by atoms with Crippen LogP contribution in [-0.2, 0) is 21.4 Å². The highest BCUT2D eigenvalue weighted by Gasteiger charge is 2.36. The molecule has 1 atom stereocenters. The second-order valence-corrected chi connectivity index (χ2v) is 12.1. The molecule has 1 saturated heterocycles. The first-order valence-corrected chi connectivity index (χ1v) is 13.9. The lowest BCUT2D eigenvalue weighted by Gasteiger charge is -2.33. The molecule has 0 radical (unpaired) electrons. The maximum absolute atomic E-state index is 13.8. The Hall–Kier alpha value is -2.73. The van der Waals surface area contributed by atoms with Crippen molar-refractivity contribution in [3.05, 3.63) is 71.6 Å². The van der Waals surface area contributed by atoms with Crippen LogP contribution in [0.25, 0.3) is 10.2 Å². The number of sulfonamides is 1. The third-order valence-electron chi connectivity index (χ3n) is 5.70. The van der Waals surface area contributed by atoms with Crippen molar-refractivity contribution < 1.29 is 17.6 Å². The number of thiophene rings is 1. The van der Waals surface area contributed by atoms with Crippen molar-refractivity contribution in [2.75, 3.05) is 18.0 Å². The molecule has 1 aliphatic heterocycles. The van der Waals surface area contributed by atoms with Gasteiger partial charge in [0.05, 0.1) is 28.4 Å². The number of benzene rings is 1. The predicted octanol–water partition coefficient (Wildman–Crippen LogP) is 4.53. The molecule has 11 heteroatoms. The Morgan fingerprint density at radius 3 is 2.85 bits per heavy atom. The summed E-state index contributed by atoms with van der Waals surface area (Å²) in [5.41, 5.74) is 1.28. The molecule has 1 aliphatic rings. The first-order valence-electron chi connectivity index (χ1n) is 10.7. The molecule has 0 N–H and O–H groups in total. The number of carbonyl (C=O) groups excluding carboxylic acids is 1. The van der Waals surface area contributed by atoms with E-state index in [4.69, 9.17) is 0 Å². The van der Waals surface area contributed by atoms with Crippen LogP contribution in [0.3, 0.4) is 0 Å². The van der Waals surface area contributed by atoms with Crippen LogP contribution in [0.1, 0.15) is 18.5 Å². The summed E-state index contributed by atoms with van der Waals surface area (Å²) >= 11 is 2.40. The molecule has 1 aromatic carbocycles. The van der Waals surface area contributed by atoms with Gasteiger partial charge in [-0.15, -0.1) is 11.3 Å². The Morgan fingerprint density at radius 1 is 1.21 bits per heavy atom. The molecule has 0 saturated carbocycles. The van der Waals surface area contributed by atoms with E-state index in [0.29, 0.717) is 40.4 Å². The maximum Gasteiger partial charge on any atom is 0.252 e. The Morgan fingerprint density at radius 2 is 2.09 bits per heavy atom. The molecule has 4 heterocycles. The molecule has 0 aliphatic carbocycles. The van der Waals surface area contributed by atoms with Gasteiger partial charge in [0.1, 0.15) is 10.0 Å². The summed E-state index contributed by atoms with van der Waals surface area (Å²) in [4.78, 5) is 24.2. The summed E-state index contributed by atoms with van der Waals surface area (Å²) in [6.07, 6.45) is 2.82. The molecule has 7 nitrogen and oxygen atoms in total. The van der Waals surface area contributed by atoms with Gasteiger partial charge in [0.2, 0.25) is 5.91 Å². The minimum Gasteiger partial charge on any atom is -0.282 e. The molecule has 4 aromatic rings. The zero-order valence-corrected chi connectivity index (χ0v) is 20.5. The number of hydrogen-bond acceptors (Lipinski definition) is 7. The monoisotopic (exact) mass is 516 g/mol. The van der Waals surface area contributed by atoms with E-state index >= 15 is 0 Å². The van der Waals surface area contributed by atoms with E-state index in [1.165, 1.54) is 39.1 Å². The van der Waals surface area contributed by atoms with Crippen molar-refractivity contribution in [2.24, 2.45) is 5.92 Å². The largest absolute Gasteiger partial charge is 0.282 e. The van der Waals surface area contributed by atoms with Crippen molar-refractivity contribution in [2.45, 2.75) is 23.6 Å². The predicted molar refractivity (Wildman–Crippen MR) is 131 cm³/mol. The minimum absolute atomic E-state index is 0.108. The first-order chi connectivity index (χ1) is 16.4. The third-order valence-corrected chi connectivity index (χ3v) is 9.98. The summed E-state index contributed by atoms with van der Waals surface area (Å²) < 4.78 is 42.2. The van der Waals surface area contributed by atoms with Crippen LogP contribution in [0.15, 0.2) is 64.3 Å². The lowest BCUT2D eigenvalue weighted by molar-refractivity contribution is -0.123. The fourth-order valence-corrected chi connectivity index (χ4v) is 7.68. The first kappa shape index (κ1) is 23.0. The summed E-state index contributed by atoms with van der Waals surface area (Å²) in [5.74, 6) is -1.10. The van der Waals surface area contributed by atoms with E-state index < -0.39 is 15.9 Å². The van der Waals surface area contributed by atoms with Gasteiger partial charge >= 0.3 is 0 Å². The van der Waals surface area contributed by atoms with Gasteiger partial charge in [-0.25, -0.2) is 17.8 Å². The van der Waals surface area contributed by atoms with E-state index in [2.05, 4.69) is 9.97 Å². The molecule has 1 amide bonds. The smallest absolute Gasteiger partial charge is 0.252 e. The number of rotatable bonds is 6. The van der Waals surface area contributed by atoms with Crippen molar-refractivity contribution in [3.8, 4) is 0 Å². The highest BCUT2D eigenvalue weighted by molar-refractivity contribution is 7.91. The molecule has 176 valence electrons. The van der Waals surface area contributed by atoms with Crippen LogP contribution in [0.4, 0.5) is 9.52 Å². The number of anilines is 1. The highest BCUT2D eigenvalue weighted by atomic mass is 32.2. The number of pyridine rings is 1. The summed E-state index contributed by atoms with van der Waals surface area (Å²) in [5, 5.41) is 2.17. The number of hydrogen-bond donors (Lipinski definition) is 0. The van der Waals surface area contributed by atoms with Gasteiger partial charge < -0.3 is 0 Å². The van der Waals surface area contributed by atoms with Crippen molar-refractivity contribution in [3.63, 3.8) is 0 Å². The number of halogens is 1. The molecule has 1 unspecified atom stereocenters. The van der Waals surface area contributed by atoms with E-state index in [1.54, 1.807) is 40.7 Å². The fraction of sp³-hybridized carbons (Fsp3) is 0.261. The van der Waals surface area contributed by atoms with Crippen LogP contribution in [-0.4, -0.2) is 41.7 Å². The lowest BCUT2D eigenvalue weighted by atomic mass is 9.98. The Labute approximate surface area is 204 Å². The summed E-state index contributed by atoms with van der Waals surface area (Å²) in [6.45, 7) is 0.679. The zero-order valence-electron chi connectivity index (χ0n) is 18.0. The number of carbonyl (C=O) groups is 1. The Bertz CT molecular complexity index is 1410. The van der Waals surface area contributed by atoms with Crippen molar-refractivity contribution >= 4 is 54.0 Å². The van der Waals surface area contributed by atoms with Crippen LogP contribution in [0.5, 0.6) is 0 Å². The summed E-state index contributed by atoms with van der Waals surface area (Å²) in [7, 11) is -3.65. The molecule has 34 heavy (non-hydrogen) atoms. The van der Waals surface area contributed by atoms with Crippen LogP contribution in [0.2, 0.25) is 0 Å². The van der Waals surface area contributed by atoms with Gasteiger partial charge in [-0.2, -0.15) is 4.31 Å². The van der Waals surface area contributed by atoms with Crippen molar-refractivity contribution in [1.29, 1.82) is 0 Å². The Kier molecular flexibility index (Phi) is 6.43. The molecular weight excluding hydrogens is 495 g/mol. The highest BCUT2D eigenvalue weighted by Crippen LogP contribution is 2.33. The minimum atomic E-state index is -3.65. The van der Waals surface area contributed by atoms with Gasteiger partial charge in [-0.3, -0.25) is 14.7 Å². The Balaban J connectivity index is 1.46. The van der Waals surface area contributed by atoms with Gasteiger partial charge in [0.15, 0.2) is 5.13 Å². The maximum atomic E-state index is 13.8. The fourth-order valence-electron chi connectivity index (χ4n) is 4.02. The van der Waals surface area contributed by atoms with Crippen LogP contribution < -0.4 is 4.90 Å². The average Bonchev–Trinajstić information content (AvgIpc) is 3.53. The average molecular weight is 517 g/mol. The topological polar surface area (TPSA) is 83.5 Å². The van der Waals surface area contributed by atoms with Gasteiger partial charge in [-0.1, -0.05) is 23.5 Å². The SMILES string of the molecule is O=C(C1CCCN(S(=O)(=O)c2cccs2)C1)N(Cc1ccccn1)c1nc2ccc(F)cc2s1. The molecule has 3 aromatic heterocycles. The summed E-state index contributed by atoms with van der Waals surface area (Å²) in [6, 6.07) is 13.1. The lowest BCUT2D eigenvalue weighted by Crippen LogP contribution is -2.46. The molecule has 0 bridgehead atoms. The van der Waals surface area contributed by atoms with Gasteiger partial charge in [-0.05, 0) is 54.6 Å². The molecule has 0 spiro atoms. The van der Waals surface area contributed by atoms with E-state index in [1.807, 2.05) is 12.1 Å². The zero-order chi connectivity index (χ0) is 23.7. The number of nitrogens with zero attached hydrogens (tertiary/aromatic N) is 4. The normalized spacial score (nSPS) is 17.1. The van der Waals surface area contributed by atoms with Crippen molar-refractivity contribution in [1.82, 2.24) is 14.3 Å². The van der Waals surface area contributed by atoms with E-state index in [0.717, 1.165) is 0 Å². The van der Waals surface area contributed by atoms with Gasteiger partial charge in [0, 0.05) is 19.3 Å². The molecular formula is C23H21FN4O3S3.